The molecule has 3 heterocycles. The molecule has 1 aromatic carbocycles. The summed E-state index contributed by atoms with van der Waals surface area (Å²) in [4.78, 5) is 28.3. The molecular weight excluding hydrogens is 314 g/mol. The van der Waals surface area contributed by atoms with Crippen molar-refractivity contribution in [2.75, 3.05) is 38.1 Å². The van der Waals surface area contributed by atoms with E-state index in [-0.39, 0.29) is 11.9 Å². The van der Waals surface area contributed by atoms with Gasteiger partial charge in [0.2, 0.25) is 5.95 Å². The van der Waals surface area contributed by atoms with Crippen LogP contribution in [0.2, 0.25) is 0 Å². The van der Waals surface area contributed by atoms with Crippen LogP contribution in [0.4, 0.5) is 5.95 Å². The van der Waals surface area contributed by atoms with Gasteiger partial charge in [0.05, 0.1) is 23.8 Å². The molecule has 0 aliphatic carbocycles. The van der Waals surface area contributed by atoms with Crippen molar-refractivity contribution >= 4 is 11.9 Å². The second kappa shape index (κ2) is 6.44. The summed E-state index contributed by atoms with van der Waals surface area (Å²) in [7, 11) is 2.13. The molecule has 2 aliphatic rings. The molecule has 0 saturated carbocycles. The van der Waals surface area contributed by atoms with Gasteiger partial charge in [-0.05, 0) is 19.5 Å². The van der Waals surface area contributed by atoms with Crippen molar-refractivity contribution in [1.29, 1.82) is 0 Å². The SMILES string of the molecule is C[C@H](c1ccccc1)N1Cc2nc(N3CCN(C)CC3)ncc2C1=O. The third kappa shape index (κ3) is 2.98. The number of likely N-dealkylation sites (N-methyl/N-ethyl adjacent to an activating group) is 1. The zero-order valence-electron chi connectivity index (χ0n) is 14.7. The number of hydrogen-bond donors (Lipinski definition) is 0. The van der Waals surface area contributed by atoms with Crippen molar-refractivity contribution in [3.8, 4) is 0 Å². The number of piperazine rings is 1. The highest BCUT2D eigenvalue weighted by Crippen LogP contribution is 2.30. The molecule has 6 nitrogen and oxygen atoms in total. The number of amides is 1. The van der Waals surface area contributed by atoms with Crippen molar-refractivity contribution < 1.29 is 4.79 Å². The topological polar surface area (TPSA) is 52.6 Å². The highest BCUT2D eigenvalue weighted by molar-refractivity contribution is 5.97. The zero-order chi connectivity index (χ0) is 17.4. The quantitative estimate of drug-likeness (QED) is 0.857. The lowest BCUT2D eigenvalue weighted by Gasteiger charge is -2.32. The van der Waals surface area contributed by atoms with Gasteiger partial charge in [-0.2, -0.15) is 0 Å². The smallest absolute Gasteiger partial charge is 0.258 e. The van der Waals surface area contributed by atoms with Crippen LogP contribution in [0.1, 0.15) is 34.6 Å². The van der Waals surface area contributed by atoms with Gasteiger partial charge in [-0.15, -0.1) is 0 Å². The van der Waals surface area contributed by atoms with Gasteiger partial charge in [-0.1, -0.05) is 30.3 Å². The van der Waals surface area contributed by atoms with Crippen molar-refractivity contribution in [3.63, 3.8) is 0 Å². The Morgan fingerprint density at radius 2 is 1.80 bits per heavy atom. The molecule has 2 aromatic rings. The fourth-order valence-corrected chi connectivity index (χ4v) is 3.48. The maximum atomic E-state index is 12.8. The molecule has 0 unspecified atom stereocenters. The molecule has 0 bridgehead atoms. The van der Waals surface area contributed by atoms with Gasteiger partial charge in [0.15, 0.2) is 0 Å². The average Bonchev–Trinajstić information content (AvgIpc) is 2.98. The molecule has 2 aliphatic heterocycles. The van der Waals surface area contributed by atoms with Crippen LogP contribution in [-0.4, -0.2) is 58.9 Å². The first-order chi connectivity index (χ1) is 12.1. The van der Waals surface area contributed by atoms with Crippen LogP contribution in [0, 0.1) is 0 Å². The van der Waals surface area contributed by atoms with E-state index in [1.165, 1.54) is 0 Å². The number of nitrogens with zero attached hydrogens (tertiary/aromatic N) is 5. The van der Waals surface area contributed by atoms with Crippen molar-refractivity contribution in [2.45, 2.75) is 19.5 Å². The molecular formula is C19H23N5O. The molecule has 0 N–H and O–H groups in total. The Balaban J connectivity index is 1.55. The van der Waals surface area contributed by atoms with Crippen LogP contribution in [0.15, 0.2) is 36.5 Å². The van der Waals surface area contributed by atoms with E-state index >= 15 is 0 Å². The highest BCUT2D eigenvalue weighted by atomic mass is 16.2. The molecule has 130 valence electrons. The standard InChI is InChI=1S/C19H23N5O/c1-14(15-6-4-3-5-7-15)24-13-17-16(18(24)25)12-20-19(21-17)23-10-8-22(2)9-11-23/h3-7,12,14H,8-11,13H2,1-2H3/t14-/m1/s1. The van der Waals surface area contributed by atoms with Crippen molar-refractivity contribution in [3.05, 3.63) is 53.3 Å². The lowest BCUT2D eigenvalue weighted by molar-refractivity contribution is 0.0715. The predicted molar refractivity (Wildman–Crippen MR) is 96.5 cm³/mol. The minimum Gasteiger partial charge on any atom is -0.338 e. The predicted octanol–water partition coefficient (Wildman–Crippen LogP) is 1.95. The summed E-state index contributed by atoms with van der Waals surface area (Å²) in [5.41, 5.74) is 2.62. The summed E-state index contributed by atoms with van der Waals surface area (Å²) in [6, 6.07) is 10.1. The first-order valence-corrected chi connectivity index (χ1v) is 8.79. The second-order valence-electron chi connectivity index (χ2n) is 6.84. The number of anilines is 1. The molecule has 25 heavy (non-hydrogen) atoms. The largest absolute Gasteiger partial charge is 0.338 e. The Morgan fingerprint density at radius 1 is 1.08 bits per heavy atom. The Hall–Kier alpha value is -2.47. The number of benzene rings is 1. The maximum absolute atomic E-state index is 12.8. The molecule has 1 aromatic heterocycles. The van der Waals surface area contributed by atoms with E-state index in [0.29, 0.717) is 12.1 Å². The second-order valence-corrected chi connectivity index (χ2v) is 6.84. The summed E-state index contributed by atoms with van der Waals surface area (Å²) in [5, 5.41) is 0. The van der Waals surface area contributed by atoms with Gasteiger partial charge in [-0.3, -0.25) is 4.79 Å². The van der Waals surface area contributed by atoms with Crippen LogP contribution >= 0.6 is 0 Å². The fraction of sp³-hybridized carbons (Fsp3) is 0.421. The number of carbonyl (C=O) groups excluding carboxylic acids is 1. The fourth-order valence-electron chi connectivity index (χ4n) is 3.48. The molecule has 1 atom stereocenters. The zero-order valence-corrected chi connectivity index (χ0v) is 14.7. The summed E-state index contributed by atoms with van der Waals surface area (Å²) in [5.74, 6) is 0.769. The molecule has 0 radical (unpaired) electrons. The lowest BCUT2D eigenvalue weighted by Crippen LogP contribution is -2.45. The number of rotatable bonds is 3. The van der Waals surface area contributed by atoms with Gasteiger partial charge in [0.1, 0.15) is 0 Å². The number of hydrogen-bond acceptors (Lipinski definition) is 5. The van der Waals surface area contributed by atoms with Gasteiger partial charge >= 0.3 is 0 Å². The van der Waals surface area contributed by atoms with Crippen LogP contribution in [-0.2, 0) is 6.54 Å². The Morgan fingerprint density at radius 3 is 2.52 bits per heavy atom. The Kier molecular flexibility index (Phi) is 4.13. The van der Waals surface area contributed by atoms with E-state index in [1.807, 2.05) is 23.1 Å². The summed E-state index contributed by atoms with van der Waals surface area (Å²) >= 11 is 0. The van der Waals surface area contributed by atoms with Crippen molar-refractivity contribution in [1.82, 2.24) is 19.8 Å². The molecule has 0 spiro atoms. The van der Waals surface area contributed by atoms with Gasteiger partial charge in [0.25, 0.3) is 5.91 Å². The normalized spacial score (nSPS) is 19.2. The molecule has 6 heteroatoms. The summed E-state index contributed by atoms with van der Waals surface area (Å²) in [6.45, 7) is 6.48. The number of carbonyl (C=O) groups is 1. The summed E-state index contributed by atoms with van der Waals surface area (Å²) in [6.07, 6.45) is 1.70. The molecule has 1 amide bonds. The molecule has 1 fully saturated rings. The molecule has 4 rings (SSSR count). The van der Waals surface area contributed by atoms with Crippen LogP contribution in [0.25, 0.3) is 0 Å². The van der Waals surface area contributed by atoms with Gasteiger partial charge in [0, 0.05) is 32.4 Å². The van der Waals surface area contributed by atoms with E-state index in [9.17, 15) is 4.79 Å². The number of aromatic nitrogens is 2. The monoisotopic (exact) mass is 337 g/mol. The lowest BCUT2D eigenvalue weighted by atomic mass is 10.1. The highest BCUT2D eigenvalue weighted by Gasteiger charge is 2.33. The maximum Gasteiger partial charge on any atom is 0.258 e. The first-order valence-electron chi connectivity index (χ1n) is 8.79. The van der Waals surface area contributed by atoms with E-state index in [4.69, 9.17) is 4.98 Å². The average molecular weight is 337 g/mol. The number of fused-ring (bicyclic) bond motifs is 1. The van der Waals surface area contributed by atoms with Crippen LogP contribution in [0.5, 0.6) is 0 Å². The van der Waals surface area contributed by atoms with Gasteiger partial charge < -0.3 is 14.7 Å². The van der Waals surface area contributed by atoms with E-state index in [0.717, 1.165) is 43.4 Å². The Labute approximate surface area is 148 Å². The Bertz CT molecular complexity index is 771. The third-order valence-corrected chi connectivity index (χ3v) is 5.20. The van der Waals surface area contributed by atoms with E-state index in [2.05, 4.69) is 40.9 Å². The van der Waals surface area contributed by atoms with Crippen LogP contribution in [0.3, 0.4) is 0 Å². The summed E-state index contributed by atoms with van der Waals surface area (Å²) < 4.78 is 0. The first kappa shape index (κ1) is 16.0. The van der Waals surface area contributed by atoms with Crippen LogP contribution < -0.4 is 4.90 Å². The molecule has 1 saturated heterocycles. The van der Waals surface area contributed by atoms with Crippen molar-refractivity contribution in [2.24, 2.45) is 0 Å². The van der Waals surface area contributed by atoms with Gasteiger partial charge in [-0.25, -0.2) is 9.97 Å². The van der Waals surface area contributed by atoms with E-state index < -0.39 is 0 Å². The van der Waals surface area contributed by atoms with E-state index in [1.54, 1.807) is 6.20 Å². The minimum atomic E-state index is 0.0231. The minimum absolute atomic E-state index is 0.0231. The third-order valence-electron chi connectivity index (χ3n) is 5.20.